The number of likely N-dealkylation sites (tertiary alicyclic amines) is 1. The molecule has 0 saturated carbocycles. The summed E-state index contributed by atoms with van der Waals surface area (Å²) in [7, 11) is 0. The Morgan fingerprint density at radius 2 is 1.80 bits per heavy atom. The van der Waals surface area contributed by atoms with Crippen molar-refractivity contribution in [1.82, 2.24) is 15.1 Å². The van der Waals surface area contributed by atoms with Crippen LogP contribution >= 0.6 is 23.2 Å². The fraction of sp³-hybridized carbons (Fsp3) is 0.548. The second kappa shape index (κ2) is 14.5. The van der Waals surface area contributed by atoms with E-state index in [1.165, 1.54) is 11.3 Å². The topological polar surface area (TPSA) is 81.9 Å². The van der Waals surface area contributed by atoms with Gasteiger partial charge in [0, 0.05) is 67.3 Å². The molecule has 2 atom stereocenters. The predicted molar refractivity (Wildman–Crippen MR) is 164 cm³/mol. The molecule has 3 N–H and O–H groups in total. The number of anilines is 1. The van der Waals surface area contributed by atoms with Crippen LogP contribution in [-0.2, 0) is 16.0 Å². The number of carbonyl (C=O) groups excluding carboxylic acids is 2. The van der Waals surface area contributed by atoms with E-state index in [9.17, 15) is 9.59 Å². The first-order valence-electron chi connectivity index (χ1n) is 14.6. The van der Waals surface area contributed by atoms with Crippen LogP contribution in [0.2, 0.25) is 10.0 Å². The first-order valence-corrected chi connectivity index (χ1v) is 15.3. The molecule has 0 aromatic heterocycles. The van der Waals surface area contributed by atoms with Crippen LogP contribution in [0.4, 0.5) is 5.69 Å². The molecule has 2 aromatic carbocycles. The van der Waals surface area contributed by atoms with Crippen LogP contribution in [0.3, 0.4) is 0 Å². The minimum atomic E-state index is -0.560. The maximum atomic E-state index is 13.9. The minimum Gasteiger partial charge on any atom is -0.368 e. The lowest BCUT2D eigenvalue weighted by molar-refractivity contribution is -0.143. The maximum Gasteiger partial charge on any atom is 0.245 e. The van der Waals surface area contributed by atoms with Gasteiger partial charge in [-0.1, -0.05) is 61.3 Å². The quantitative estimate of drug-likeness (QED) is 0.345. The third-order valence-electron chi connectivity index (χ3n) is 7.92. The van der Waals surface area contributed by atoms with E-state index in [-0.39, 0.29) is 17.9 Å². The Morgan fingerprint density at radius 1 is 1.05 bits per heavy atom. The van der Waals surface area contributed by atoms with Crippen molar-refractivity contribution < 1.29 is 9.59 Å². The van der Waals surface area contributed by atoms with E-state index in [1.807, 2.05) is 11.0 Å². The molecule has 7 nitrogen and oxygen atoms in total. The molecule has 0 radical (unpaired) electrons. The molecule has 4 rings (SSSR count). The van der Waals surface area contributed by atoms with Crippen molar-refractivity contribution in [2.75, 3.05) is 50.7 Å². The number of para-hydroxylation sites is 1. The number of nitrogens with two attached hydrogens (primary N) is 1. The fourth-order valence-corrected chi connectivity index (χ4v) is 6.33. The van der Waals surface area contributed by atoms with Crippen molar-refractivity contribution in [3.8, 4) is 0 Å². The molecule has 218 valence electrons. The predicted octanol–water partition coefficient (Wildman–Crippen LogP) is 4.90. The number of amides is 2. The van der Waals surface area contributed by atoms with Gasteiger partial charge in [-0.3, -0.25) is 9.59 Å². The summed E-state index contributed by atoms with van der Waals surface area (Å²) in [5.41, 5.74) is 9.10. The molecule has 0 spiro atoms. The molecule has 2 aromatic rings. The fourth-order valence-electron chi connectivity index (χ4n) is 5.84. The largest absolute Gasteiger partial charge is 0.368 e. The van der Waals surface area contributed by atoms with Gasteiger partial charge in [0.05, 0.1) is 0 Å². The van der Waals surface area contributed by atoms with E-state index >= 15 is 0 Å². The highest BCUT2D eigenvalue weighted by molar-refractivity contribution is 6.35. The van der Waals surface area contributed by atoms with E-state index in [0.717, 1.165) is 44.5 Å². The second-order valence-electron chi connectivity index (χ2n) is 11.3. The zero-order valence-corrected chi connectivity index (χ0v) is 25.3. The van der Waals surface area contributed by atoms with Crippen LogP contribution in [0.15, 0.2) is 42.5 Å². The monoisotopic (exact) mass is 587 g/mol. The Morgan fingerprint density at radius 3 is 2.45 bits per heavy atom. The van der Waals surface area contributed by atoms with Crippen molar-refractivity contribution in [3.63, 3.8) is 0 Å². The van der Waals surface area contributed by atoms with Crippen LogP contribution in [0, 0.1) is 5.92 Å². The van der Waals surface area contributed by atoms with E-state index in [0.29, 0.717) is 55.0 Å². The molecule has 2 heterocycles. The van der Waals surface area contributed by atoms with Gasteiger partial charge in [-0.05, 0) is 67.6 Å². The molecule has 0 aliphatic carbocycles. The van der Waals surface area contributed by atoms with E-state index in [2.05, 4.69) is 48.3 Å². The lowest BCUT2D eigenvalue weighted by Crippen LogP contribution is -2.56. The van der Waals surface area contributed by atoms with Crippen molar-refractivity contribution >= 4 is 40.7 Å². The number of nitrogens with one attached hydrogen (secondary N) is 1. The highest BCUT2D eigenvalue weighted by Gasteiger charge is 2.37. The van der Waals surface area contributed by atoms with Gasteiger partial charge in [0.1, 0.15) is 6.04 Å². The summed E-state index contributed by atoms with van der Waals surface area (Å²) in [6.45, 7) is 9.36. The first-order chi connectivity index (χ1) is 19.3. The molecule has 2 saturated heterocycles. The molecule has 0 unspecified atom stereocenters. The summed E-state index contributed by atoms with van der Waals surface area (Å²) in [6, 6.07) is 13.6. The number of hydrogen-bond donors (Lipinski definition) is 2. The summed E-state index contributed by atoms with van der Waals surface area (Å²) in [5.74, 6) is 0.585. The second-order valence-corrected chi connectivity index (χ2v) is 12.1. The summed E-state index contributed by atoms with van der Waals surface area (Å²) in [6.07, 6.45) is 3.63. The van der Waals surface area contributed by atoms with Crippen molar-refractivity contribution in [2.24, 2.45) is 11.7 Å². The van der Waals surface area contributed by atoms with Gasteiger partial charge in [0.2, 0.25) is 11.8 Å². The van der Waals surface area contributed by atoms with Crippen LogP contribution in [0.5, 0.6) is 0 Å². The van der Waals surface area contributed by atoms with Crippen molar-refractivity contribution in [2.45, 2.75) is 58.0 Å². The van der Waals surface area contributed by atoms with Crippen LogP contribution in [0.1, 0.15) is 56.7 Å². The number of nitrogens with zero attached hydrogens (tertiary/aromatic N) is 3. The molecule has 0 bridgehead atoms. The molecule has 2 aliphatic rings. The number of hydrogen-bond acceptors (Lipinski definition) is 5. The average Bonchev–Trinajstić information content (AvgIpc) is 3.37. The molecule has 9 heteroatoms. The molecule has 2 fully saturated rings. The summed E-state index contributed by atoms with van der Waals surface area (Å²) >= 11 is 12.6. The Kier molecular flexibility index (Phi) is 11.1. The third-order valence-corrected chi connectivity index (χ3v) is 8.51. The van der Waals surface area contributed by atoms with E-state index in [4.69, 9.17) is 28.9 Å². The van der Waals surface area contributed by atoms with Crippen LogP contribution in [0.25, 0.3) is 0 Å². The molecule has 2 amide bonds. The van der Waals surface area contributed by atoms with Gasteiger partial charge in [-0.25, -0.2) is 0 Å². The Bertz CT molecular complexity index is 1150. The standard InChI is InChI=1S/C31H43Cl2N5O2/c1-22(2)19-27(35-13-6-12-34)25-7-3-4-8-28(25)36-15-17-37(18-16-36)31(40)29(38-14-5-9-30(38)39)20-23-10-11-24(32)21-26(23)33/h3-4,7-8,10-11,21-22,27,29,35H,5-6,9,12-20,34H2,1-2H3/t27-,29+/m0/s1. The Balaban J connectivity index is 1.48. The molecule has 2 aliphatic heterocycles. The van der Waals surface area contributed by atoms with Crippen LogP contribution in [-0.4, -0.2) is 73.5 Å². The van der Waals surface area contributed by atoms with E-state index in [1.54, 1.807) is 17.0 Å². The van der Waals surface area contributed by atoms with Gasteiger partial charge in [-0.2, -0.15) is 0 Å². The first kappa shape index (κ1) is 30.6. The summed E-state index contributed by atoms with van der Waals surface area (Å²) in [4.78, 5) is 32.7. The lowest BCUT2D eigenvalue weighted by atomic mass is 9.94. The Hall–Kier alpha value is -2.32. The number of carbonyl (C=O) groups is 2. The lowest BCUT2D eigenvalue weighted by Gasteiger charge is -2.40. The summed E-state index contributed by atoms with van der Waals surface area (Å²) in [5, 5.41) is 4.80. The van der Waals surface area contributed by atoms with Crippen LogP contribution < -0.4 is 16.0 Å². The Labute approximate surface area is 249 Å². The van der Waals surface area contributed by atoms with Crippen molar-refractivity contribution in [1.29, 1.82) is 0 Å². The zero-order valence-electron chi connectivity index (χ0n) is 23.8. The summed E-state index contributed by atoms with van der Waals surface area (Å²) < 4.78 is 0. The minimum absolute atomic E-state index is 0.00432. The zero-order chi connectivity index (χ0) is 28.6. The van der Waals surface area contributed by atoms with E-state index < -0.39 is 6.04 Å². The number of halogens is 2. The van der Waals surface area contributed by atoms with Gasteiger partial charge in [0.15, 0.2) is 0 Å². The van der Waals surface area contributed by atoms with Gasteiger partial charge in [0.25, 0.3) is 0 Å². The third kappa shape index (κ3) is 7.69. The average molecular weight is 589 g/mol. The molecular formula is C31H43Cl2N5O2. The normalized spacial score (nSPS) is 17.6. The van der Waals surface area contributed by atoms with Gasteiger partial charge in [-0.15, -0.1) is 0 Å². The maximum absolute atomic E-state index is 13.9. The molecular weight excluding hydrogens is 545 g/mol. The van der Waals surface area contributed by atoms with Gasteiger partial charge >= 0.3 is 0 Å². The SMILES string of the molecule is CC(C)C[C@H](NCCCN)c1ccccc1N1CCN(C(=O)[C@@H](Cc2ccc(Cl)cc2Cl)N2CCCC2=O)CC1. The number of benzene rings is 2. The molecule has 40 heavy (non-hydrogen) atoms. The highest BCUT2D eigenvalue weighted by atomic mass is 35.5. The highest BCUT2D eigenvalue weighted by Crippen LogP contribution is 2.32. The number of piperazine rings is 1. The smallest absolute Gasteiger partial charge is 0.245 e. The van der Waals surface area contributed by atoms with Gasteiger partial charge < -0.3 is 25.8 Å². The number of rotatable bonds is 12. The van der Waals surface area contributed by atoms with Crippen molar-refractivity contribution in [3.05, 3.63) is 63.6 Å².